The fraction of sp³-hybridized carbons (Fsp3) is 0.0833. The van der Waals surface area contributed by atoms with Crippen LogP contribution in [-0.4, -0.2) is 9.55 Å². The standard InChI is InChI=1S/C24H16ClF3N2O/c1-15-9-11-18(14-20(15)25)30-22(29-21-8-3-2-7-19(21)23(30)31)12-10-16-5-4-6-17(13-16)24(26,27)28/h2-14H,1H3. The summed E-state index contributed by atoms with van der Waals surface area (Å²) in [5, 5.41) is 0.917. The van der Waals surface area contributed by atoms with Gasteiger partial charge in [0, 0.05) is 5.02 Å². The van der Waals surface area contributed by atoms with Crippen molar-refractivity contribution in [1.29, 1.82) is 0 Å². The van der Waals surface area contributed by atoms with Crippen molar-refractivity contribution in [1.82, 2.24) is 9.55 Å². The highest BCUT2D eigenvalue weighted by atomic mass is 35.5. The van der Waals surface area contributed by atoms with Gasteiger partial charge in [0.25, 0.3) is 5.56 Å². The van der Waals surface area contributed by atoms with Crippen LogP contribution in [0.3, 0.4) is 0 Å². The Morgan fingerprint density at radius 3 is 2.48 bits per heavy atom. The van der Waals surface area contributed by atoms with E-state index >= 15 is 0 Å². The zero-order valence-electron chi connectivity index (χ0n) is 16.3. The molecule has 3 aromatic carbocycles. The summed E-state index contributed by atoms with van der Waals surface area (Å²) in [6, 6.07) is 17.1. The van der Waals surface area contributed by atoms with Crippen molar-refractivity contribution in [2.45, 2.75) is 13.1 Å². The number of hydrogen-bond acceptors (Lipinski definition) is 2. The largest absolute Gasteiger partial charge is 0.416 e. The van der Waals surface area contributed by atoms with Crippen LogP contribution in [-0.2, 0) is 6.18 Å². The van der Waals surface area contributed by atoms with E-state index in [-0.39, 0.29) is 11.4 Å². The Balaban J connectivity index is 1.90. The first-order valence-electron chi connectivity index (χ1n) is 9.38. The van der Waals surface area contributed by atoms with Crippen molar-refractivity contribution >= 4 is 34.7 Å². The first kappa shape index (κ1) is 20.9. The lowest BCUT2D eigenvalue weighted by Crippen LogP contribution is -2.22. The third-order valence-electron chi connectivity index (χ3n) is 4.85. The highest BCUT2D eigenvalue weighted by Gasteiger charge is 2.30. The van der Waals surface area contributed by atoms with Gasteiger partial charge in [0.2, 0.25) is 0 Å². The number of nitrogens with zero attached hydrogens (tertiary/aromatic N) is 2. The van der Waals surface area contributed by atoms with E-state index in [2.05, 4.69) is 4.98 Å². The molecule has 0 fully saturated rings. The Morgan fingerprint density at radius 1 is 0.968 bits per heavy atom. The molecule has 0 N–H and O–H groups in total. The van der Waals surface area contributed by atoms with Gasteiger partial charge in [-0.2, -0.15) is 13.2 Å². The van der Waals surface area contributed by atoms with Crippen LogP contribution >= 0.6 is 11.6 Å². The van der Waals surface area contributed by atoms with Crippen LogP contribution in [0.5, 0.6) is 0 Å². The van der Waals surface area contributed by atoms with Gasteiger partial charge in [-0.15, -0.1) is 0 Å². The average molecular weight is 441 g/mol. The number of aromatic nitrogens is 2. The Morgan fingerprint density at radius 2 is 1.74 bits per heavy atom. The van der Waals surface area contributed by atoms with Gasteiger partial charge in [-0.05, 0) is 60.5 Å². The van der Waals surface area contributed by atoms with E-state index in [0.29, 0.717) is 27.2 Å². The predicted molar refractivity (Wildman–Crippen MR) is 117 cm³/mol. The van der Waals surface area contributed by atoms with Gasteiger partial charge in [-0.25, -0.2) is 4.98 Å². The molecule has 0 spiro atoms. The Hall–Kier alpha value is -3.38. The lowest BCUT2D eigenvalue weighted by Gasteiger charge is -2.12. The number of rotatable bonds is 3. The lowest BCUT2D eigenvalue weighted by molar-refractivity contribution is -0.137. The second-order valence-corrected chi connectivity index (χ2v) is 7.42. The minimum Gasteiger partial charge on any atom is -0.268 e. The fourth-order valence-electron chi connectivity index (χ4n) is 3.22. The normalized spacial score (nSPS) is 12.0. The summed E-state index contributed by atoms with van der Waals surface area (Å²) in [5.74, 6) is 0.279. The molecule has 0 saturated carbocycles. The zero-order valence-corrected chi connectivity index (χ0v) is 17.1. The molecule has 3 nitrogen and oxygen atoms in total. The summed E-state index contributed by atoms with van der Waals surface area (Å²) in [6.45, 7) is 1.85. The topological polar surface area (TPSA) is 34.9 Å². The second kappa shape index (κ2) is 8.04. The van der Waals surface area contributed by atoms with E-state index < -0.39 is 11.7 Å². The molecule has 0 amide bonds. The van der Waals surface area contributed by atoms with Crippen molar-refractivity contribution in [2.24, 2.45) is 0 Å². The molecule has 156 valence electrons. The van der Waals surface area contributed by atoms with Crippen LogP contribution in [0.15, 0.2) is 71.5 Å². The SMILES string of the molecule is Cc1ccc(-n2c(C=Cc3cccc(C(F)(F)F)c3)nc3ccccc3c2=O)cc1Cl. The van der Waals surface area contributed by atoms with Gasteiger partial charge in [0.15, 0.2) is 0 Å². The maximum Gasteiger partial charge on any atom is 0.416 e. The van der Waals surface area contributed by atoms with Crippen LogP contribution in [0.1, 0.15) is 22.5 Å². The average Bonchev–Trinajstić information content (AvgIpc) is 2.74. The third kappa shape index (κ3) is 4.25. The molecule has 4 aromatic rings. The molecule has 4 rings (SSSR count). The molecule has 0 aliphatic heterocycles. The Kier molecular flexibility index (Phi) is 5.41. The third-order valence-corrected chi connectivity index (χ3v) is 5.26. The molecule has 1 heterocycles. The number of hydrogen-bond donors (Lipinski definition) is 0. The summed E-state index contributed by atoms with van der Waals surface area (Å²) >= 11 is 6.26. The molecule has 0 aliphatic rings. The van der Waals surface area contributed by atoms with Crippen molar-refractivity contribution in [3.05, 3.63) is 105 Å². The fourth-order valence-corrected chi connectivity index (χ4v) is 3.40. The van der Waals surface area contributed by atoms with Crippen LogP contribution in [0.4, 0.5) is 13.2 Å². The van der Waals surface area contributed by atoms with Gasteiger partial charge in [0.1, 0.15) is 5.82 Å². The predicted octanol–water partition coefficient (Wildman–Crippen LogP) is 6.54. The first-order valence-corrected chi connectivity index (χ1v) is 9.75. The smallest absolute Gasteiger partial charge is 0.268 e. The second-order valence-electron chi connectivity index (χ2n) is 7.02. The molecule has 0 aliphatic carbocycles. The molecular weight excluding hydrogens is 425 g/mol. The number of fused-ring (bicyclic) bond motifs is 1. The molecule has 7 heteroatoms. The molecule has 1 aromatic heterocycles. The van der Waals surface area contributed by atoms with Crippen LogP contribution in [0.2, 0.25) is 5.02 Å². The Bertz CT molecular complexity index is 1370. The molecule has 0 saturated heterocycles. The lowest BCUT2D eigenvalue weighted by atomic mass is 10.1. The molecule has 0 radical (unpaired) electrons. The van der Waals surface area contributed by atoms with Crippen molar-refractivity contribution in [3.8, 4) is 5.69 Å². The first-order chi connectivity index (χ1) is 14.7. The van der Waals surface area contributed by atoms with Crippen LogP contribution < -0.4 is 5.56 Å². The quantitative estimate of drug-likeness (QED) is 0.362. The molecule has 0 atom stereocenters. The van der Waals surface area contributed by atoms with Gasteiger partial charge < -0.3 is 0 Å². The number of alkyl halides is 3. The minimum absolute atomic E-state index is 0.279. The van der Waals surface area contributed by atoms with Crippen LogP contribution in [0.25, 0.3) is 28.7 Å². The summed E-state index contributed by atoms with van der Waals surface area (Å²) in [4.78, 5) is 17.8. The van der Waals surface area contributed by atoms with Gasteiger partial charge in [0.05, 0.1) is 22.2 Å². The monoisotopic (exact) mass is 440 g/mol. The van der Waals surface area contributed by atoms with E-state index in [1.54, 1.807) is 48.5 Å². The van der Waals surface area contributed by atoms with E-state index in [1.807, 2.05) is 6.92 Å². The zero-order chi connectivity index (χ0) is 22.2. The summed E-state index contributed by atoms with van der Waals surface area (Å²) in [7, 11) is 0. The van der Waals surface area contributed by atoms with Gasteiger partial charge in [-0.1, -0.05) is 48.0 Å². The summed E-state index contributed by atoms with van der Waals surface area (Å²) in [6.07, 6.45) is -1.42. The highest BCUT2D eigenvalue weighted by Crippen LogP contribution is 2.30. The maximum absolute atomic E-state index is 13.2. The molecular formula is C24H16ClF3N2O. The van der Waals surface area contributed by atoms with Crippen molar-refractivity contribution in [3.63, 3.8) is 0 Å². The van der Waals surface area contributed by atoms with E-state index in [0.717, 1.165) is 17.7 Å². The summed E-state index contributed by atoms with van der Waals surface area (Å²) < 4.78 is 40.5. The van der Waals surface area contributed by atoms with E-state index in [4.69, 9.17) is 11.6 Å². The maximum atomic E-state index is 13.2. The van der Waals surface area contributed by atoms with Crippen molar-refractivity contribution in [2.75, 3.05) is 0 Å². The number of halogens is 4. The minimum atomic E-state index is -4.44. The Labute approximate surface area is 181 Å². The number of benzene rings is 3. The number of para-hydroxylation sites is 1. The molecule has 31 heavy (non-hydrogen) atoms. The van der Waals surface area contributed by atoms with Crippen molar-refractivity contribution < 1.29 is 13.2 Å². The molecule has 0 unspecified atom stereocenters. The van der Waals surface area contributed by atoms with E-state index in [9.17, 15) is 18.0 Å². The summed E-state index contributed by atoms with van der Waals surface area (Å²) in [5.41, 5.74) is 1.16. The van der Waals surface area contributed by atoms with Crippen LogP contribution in [0, 0.1) is 6.92 Å². The van der Waals surface area contributed by atoms with Gasteiger partial charge >= 0.3 is 6.18 Å². The highest BCUT2D eigenvalue weighted by molar-refractivity contribution is 6.31. The molecule has 0 bridgehead atoms. The number of aryl methyl sites for hydroxylation is 1. The van der Waals surface area contributed by atoms with E-state index in [1.165, 1.54) is 22.8 Å². The van der Waals surface area contributed by atoms with Gasteiger partial charge in [-0.3, -0.25) is 9.36 Å².